The van der Waals surface area contributed by atoms with Crippen LogP contribution in [0.2, 0.25) is 0 Å². The van der Waals surface area contributed by atoms with Crippen LogP contribution in [0.5, 0.6) is 0 Å². The normalized spacial score (nSPS) is 18.6. The van der Waals surface area contributed by atoms with Crippen LogP contribution < -0.4 is 10.6 Å². The minimum absolute atomic E-state index is 0.0155. The first-order chi connectivity index (χ1) is 10.1. The Hall–Kier alpha value is -1.88. The maximum Gasteiger partial charge on any atom is 0.303 e. The predicted octanol–water partition coefficient (Wildman–Crippen LogP) is 1.49. The number of amides is 1. The monoisotopic (exact) mass is 290 g/mol. The summed E-state index contributed by atoms with van der Waals surface area (Å²) in [5, 5.41) is 15.0. The van der Waals surface area contributed by atoms with Crippen molar-refractivity contribution in [3.05, 3.63) is 35.4 Å². The molecule has 114 valence electrons. The third-order valence-electron chi connectivity index (χ3n) is 4.02. The molecule has 21 heavy (non-hydrogen) atoms. The van der Waals surface area contributed by atoms with Gasteiger partial charge in [-0.25, -0.2) is 0 Å². The summed E-state index contributed by atoms with van der Waals surface area (Å²) in [5.74, 6) is -1.06. The maximum atomic E-state index is 12.4. The minimum Gasteiger partial charge on any atom is -0.481 e. The van der Waals surface area contributed by atoms with Crippen LogP contribution >= 0.6 is 0 Å². The summed E-state index contributed by atoms with van der Waals surface area (Å²) in [4.78, 5) is 23.1. The van der Waals surface area contributed by atoms with Gasteiger partial charge in [0.2, 0.25) is 5.91 Å². The highest BCUT2D eigenvalue weighted by Crippen LogP contribution is 2.24. The molecule has 1 heterocycles. The molecule has 1 aliphatic rings. The highest BCUT2D eigenvalue weighted by molar-refractivity contribution is 5.84. The first-order valence-electron chi connectivity index (χ1n) is 7.39. The molecule has 0 aromatic heterocycles. The molecule has 0 saturated heterocycles. The molecule has 2 unspecified atom stereocenters. The van der Waals surface area contributed by atoms with Crippen LogP contribution in [0.25, 0.3) is 0 Å². The number of hydrogen-bond donors (Lipinski definition) is 3. The quantitative estimate of drug-likeness (QED) is 0.742. The average Bonchev–Trinajstić information content (AvgIpc) is 2.50. The van der Waals surface area contributed by atoms with Crippen molar-refractivity contribution in [1.82, 2.24) is 10.6 Å². The third-order valence-corrected chi connectivity index (χ3v) is 4.02. The van der Waals surface area contributed by atoms with Gasteiger partial charge < -0.3 is 15.7 Å². The molecule has 0 aliphatic carbocycles. The molecule has 1 amide bonds. The smallest absolute Gasteiger partial charge is 0.303 e. The van der Waals surface area contributed by atoms with Crippen molar-refractivity contribution in [2.75, 3.05) is 13.1 Å². The Morgan fingerprint density at radius 1 is 1.43 bits per heavy atom. The predicted molar refractivity (Wildman–Crippen MR) is 79.9 cm³/mol. The van der Waals surface area contributed by atoms with Crippen molar-refractivity contribution < 1.29 is 14.7 Å². The number of carbonyl (C=O) groups excluding carboxylic acids is 1. The molecule has 1 aromatic carbocycles. The first kappa shape index (κ1) is 15.5. The van der Waals surface area contributed by atoms with E-state index in [0.717, 1.165) is 24.1 Å². The van der Waals surface area contributed by atoms with E-state index < -0.39 is 5.97 Å². The maximum absolute atomic E-state index is 12.4. The Balaban J connectivity index is 1.97. The Morgan fingerprint density at radius 3 is 2.90 bits per heavy atom. The van der Waals surface area contributed by atoms with E-state index in [1.165, 1.54) is 0 Å². The van der Waals surface area contributed by atoms with Crippen molar-refractivity contribution in [3.8, 4) is 0 Å². The molecular formula is C16H22N2O3. The van der Waals surface area contributed by atoms with Gasteiger partial charge in [-0.05, 0) is 17.0 Å². The number of fused-ring (bicyclic) bond motifs is 1. The van der Waals surface area contributed by atoms with Crippen molar-refractivity contribution in [3.63, 3.8) is 0 Å². The fourth-order valence-corrected chi connectivity index (χ4v) is 2.71. The van der Waals surface area contributed by atoms with Crippen molar-refractivity contribution in [1.29, 1.82) is 0 Å². The number of aliphatic carboxylic acids is 1. The molecule has 0 radical (unpaired) electrons. The Labute approximate surface area is 124 Å². The summed E-state index contributed by atoms with van der Waals surface area (Å²) in [5.41, 5.74) is 2.22. The lowest BCUT2D eigenvalue weighted by Gasteiger charge is -2.26. The lowest BCUT2D eigenvalue weighted by Crippen LogP contribution is -2.40. The molecular weight excluding hydrogens is 268 g/mol. The first-order valence-corrected chi connectivity index (χ1v) is 7.39. The molecule has 0 saturated carbocycles. The molecule has 0 spiro atoms. The Kier molecular flexibility index (Phi) is 5.33. The molecule has 3 N–H and O–H groups in total. The van der Waals surface area contributed by atoms with Gasteiger partial charge in [-0.1, -0.05) is 37.6 Å². The average molecular weight is 290 g/mol. The van der Waals surface area contributed by atoms with Gasteiger partial charge in [0, 0.05) is 26.1 Å². The number of carbonyl (C=O) groups is 2. The zero-order valence-electron chi connectivity index (χ0n) is 12.3. The molecule has 2 atom stereocenters. The van der Waals surface area contributed by atoms with E-state index >= 15 is 0 Å². The second-order valence-electron chi connectivity index (χ2n) is 5.50. The van der Waals surface area contributed by atoms with E-state index in [2.05, 4.69) is 10.6 Å². The fraction of sp³-hybridized carbons (Fsp3) is 0.500. The van der Waals surface area contributed by atoms with E-state index in [1.807, 2.05) is 31.2 Å². The minimum atomic E-state index is -0.819. The Bertz CT molecular complexity index is 516. The fourth-order valence-electron chi connectivity index (χ4n) is 2.71. The number of nitrogens with one attached hydrogen (secondary N) is 2. The highest BCUT2D eigenvalue weighted by Gasteiger charge is 2.26. The summed E-state index contributed by atoms with van der Waals surface area (Å²) in [7, 11) is 0. The summed E-state index contributed by atoms with van der Waals surface area (Å²) in [6.45, 7) is 3.77. The van der Waals surface area contributed by atoms with Gasteiger partial charge >= 0.3 is 5.97 Å². The van der Waals surface area contributed by atoms with Crippen LogP contribution in [-0.4, -0.2) is 30.1 Å². The Morgan fingerprint density at radius 2 is 2.19 bits per heavy atom. The topological polar surface area (TPSA) is 78.4 Å². The highest BCUT2D eigenvalue weighted by atomic mass is 16.4. The summed E-state index contributed by atoms with van der Waals surface area (Å²) >= 11 is 0. The van der Waals surface area contributed by atoms with E-state index in [0.29, 0.717) is 13.1 Å². The number of benzene rings is 1. The molecule has 5 heteroatoms. The van der Waals surface area contributed by atoms with Crippen LogP contribution in [0.1, 0.15) is 36.8 Å². The summed E-state index contributed by atoms with van der Waals surface area (Å²) in [6.07, 6.45) is 0.836. The second kappa shape index (κ2) is 7.22. The van der Waals surface area contributed by atoms with E-state index in [9.17, 15) is 9.59 Å². The van der Waals surface area contributed by atoms with Gasteiger partial charge in [-0.3, -0.25) is 9.59 Å². The third kappa shape index (κ3) is 4.04. The van der Waals surface area contributed by atoms with Gasteiger partial charge in [0.05, 0.1) is 5.92 Å². The number of hydrogen-bond acceptors (Lipinski definition) is 3. The molecule has 1 aromatic rings. The standard InChI is InChI=1S/C16H22N2O3/c1-2-11(7-15(19)20)8-18-16(21)14-10-17-9-12-5-3-4-6-13(12)14/h3-6,11,14,17H,2,7-10H2,1H3,(H,18,21)(H,19,20). The SMILES string of the molecule is CCC(CNC(=O)C1CNCc2ccccc21)CC(=O)O. The van der Waals surface area contributed by atoms with E-state index in [4.69, 9.17) is 5.11 Å². The second-order valence-corrected chi connectivity index (χ2v) is 5.50. The number of carboxylic acids is 1. The van der Waals surface area contributed by atoms with Gasteiger partial charge in [0.15, 0.2) is 0 Å². The van der Waals surface area contributed by atoms with E-state index in [1.54, 1.807) is 0 Å². The number of rotatable bonds is 6. The van der Waals surface area contributed by atoms with Crippen LogP contribution in [0.4, 0.5) is 0 Å². The van der Waals surface area contributed by atoms with Crippen molar-refractivity contribution in [2.45, 2.75) is 32.2 Å². The lowest BCUT2D eigenvalue weighted by atomic mass is 9.90. The molecule has 5 nitrogen and oxygen atoms in total. The van der Waals surface area contributed by atoms with Gasteiger partial charge in [0.25, 0.3) is 0 Å². The molecule has 0 fully saturated rings. The zero-order chi connectivity index (χ0) is 15.2. The summed E-state index contributed by atoms with van der Waals surface area (Å²) in [6, 6.07) is 7.94. The van der Waals surface area contributed by atoms with Gasteiger partial charge in [-0.2, -0.15) is 0 Å². The largest absolute Gasteiger partial charge is 0.481 e. The van der Waals surface area contributed by atoms with Gasteiger partial charge in [-0.15, -0.1) is 0 Å². The number of carboxylic acid groups (broad SMARTS) is 1. The molecule has 0 bridgehead atoms. The van der Waals surface area contributed by atoms with Gasteiger partial charge in [0.1, 0.15) is 0 Å². The molecule has 1 aliphatic heterocycles. The summed E-state index contributed by atoms with van der Waals surface area (Å²) < 4.78 is 0. The van der Waals surface area contributed by atoms with Crippen molar-refractivity contribution >= 4 is 11.9 Å². The lowest BCUT2D eigenvalue weighted by molar-refractivity contribution is -0.138. The molecule has 2 rings (SSSR count). The zero-order valence-corrected chi connectivity index (χ0v) is 12.3. The van der Waals surface area contributed by atoms with Crippen LogP contribution in [0.15, 0.2) is 24.3 Å². The van der Waals surface area contributed by atoms with E-state index in [-0.39, 0.29) is 24.2 Å². The van der Waals surface area contributed by atoms with Crippen LogP contribution in [0.3, 0.4) is 0 Å². The van der Waals surface area contributed by atoms with Crippen LogP contribution in [0, 0.1) is 5.92 Å². The van der Waals surface area contributed by atoms with Crippen LogP contribution in [-0.2, 0) is 16.1 Å². The van der Waals surface area contributed by atoms with Crippen molar-refractivity contribution in [2.24, 2.45) is 5.92 Å².